The van der Waals surface area contributed by atoms with Crippen LogP contribution in [-0.4, -0.2) is 68.6 Å². The van der Waals surface area contributed by atoms with E-state index in [1.807, 2.05) is 6.92 Å². The molecule has 11 heteroatoms. The maximum absolute atomic E-state index is 12.7. The molecule has 0 spiro atoms. The van der Waals surface area contributed by atoms with Crippen LogP contribution in [0.1, 0.15) is 40.0 Å². The van der Waals surface area contributed by atoms with Crippen molar-refractivity contribution < 1.29 is 26.3 Å². The molecule has 3 aliphatic rings. The van der Waals surface area contributed by atoms with E-state index in [2.05, 4.69) is 29.5 Å². The summed E-state index contributed by atoms with van der Waals surface area (Å²) < 4.78 is 67.5. The van der Waals surface area contributed by atoms with Crippen molar-refractivity contribution in [2.45, 2.75) is 63.7 Å². The molecule has 162 valence electrons. The van der Waals surface area contributed by atoms with Gasteiger partial charge >= 0.3 is 15.5 Å². The highest BCUT2D eigenvalue weighted by molar-refractivity contribution is 7.90. The summed E-state index contributed by atoms with van der Waals surface area (Å²) in [6, 6.07) is 0.0831. The number of alkyl halides is 3. The second-order valence-electron chi connectivity index (χ2n) is 8.28. The number of hydrogen-bond donors (Lipinski definition) is 2. The lowest BCUT2D eigenvalue weighted by Crippen LogP contribution is -2.68. The number of hydrogen-bond acceptors (Lipinski definition) is 4. The van der Waals surface area contributed by atoms with Crippen LogP contribution in [0.5, 0.6) is 0 Å². The van der Waals surface area contributed by atoms with Gasteiger partial charge in [0.15, 0.2) is 5.96 Å². The number of guanidine groups is 1. The van der Waals surface area contributed by atoms with Crippen molar-refractivity contribution in [1.82, 2.24) is 14.9 Å². The van der Waals surface area contributed by atoms with Crippen molar-refractivity contribution in [3.63, 3.8) is 0 Å². The first-order valence-electron chi connectivity index (χ1n) is 9.74. The van der Waals surface area contributed by atoms with Crippen LogP contribution in [0.25, 0.3) is 0 Å². The molecule has 0 radical (unpaired) electrons. The number of nitrogens with zero attached hydrogens (tertiary/aromatic N) is 2. The molecule has 3 fully saturated rings. The molecule has 2 aliphatic heterocycles. The Labute approximate surface area is 164 Å². The standard InChI is InChI=1S/C17H29F3N4O3S/c1-4-21-15(23-13-12-7-10-27-14(12)16(13,2)3)22-11-5-8-24(9-6-11)28(25,26)17(18,19)20/h11-14H,4-10H2,1-3H3,(H2,21,22,23). The number of piperidine rings is 1. The second kappa shape index (κ2) is 7.64. The molecule has 0 bridgehead atoms. The van der Waals surface area contributed by atoms with E-state index < -0.39 is 15.5 Å². The van der Waals surface area contributed by atoms with Gasteiger partial charge in [0.2, 0.25) is 0 Å². The van der Waals surface area contributed by atoms with E-state index in [-0.39, 0.29) is 36.7 Å². The molecule has 0 aromatic rings. The summed E-state index contributed by atoms with van der Waals surface area (Å²) in [6.45, 7) is 7.22. The molecule has 3 unspecified atom stereocenters. The third kappa shape index (κ3) is 3.85. The molecule has 2 saturated heterocycles. The minimum absolute atomic E-state index is 0.0263. The van der Waals surface area contributed by atoms with Gasteiger partial charge in [-0.1, -0.05) is 13.8 Å². The molecule has 3 atom stereocenters. The molecule has 0 amide bonds. The first-order valence-corrected chi connectivity index (χ1v) is 11.2. The molecule has 0 aromatic heterocycles. The van der Waals surface area contributed by atoms with Crippen molar-refractivity contribution in [2.75, 3.05) is 26.2 Å². The average molecular weight is 427 g/mol. The number of aliphatic imine (C=N–C) groups is 1. The Bertz CT molecular complexity index is 703. The minimum atomic E-state index is -5.25. The lowest BCUT2D eigenvalue weighted by atomic mass is 9.57. The highest BCUT2D eigenvalue weighted by Crippen LogP contribution is 2.52. The number of fused-ring (bicyclic) bond motifs is 1. The molecule has 0 aromatic carbocycles. The normalized spacial score (nSPS) is 31.9. The van der Waals surface area contributed by atoms with Gasteiger partial charge in [0.05, 0.1) is 6.10 Å². The van der Waals surface area contributed by atoms with Gasteiger partial charge in [0.1, 0.15) is 0 Å². The molecular formula is C17H29F3N4O3S. The van der Waals surface area contributed by atoms with Crippen molar-refractivity contribution in [1.29, 1.82) is 0 Å². The van der Waals surface area contributed by atoms with Crippen molar-refractivity contribution in [2.24, 2.45) is 16.3 Å². The predicted octanol–water partition coefficient (Wildman–Crippen LogP) is 1.67. The highest BCUT2D eigenvalue weighted by atomic mass is 32.2. The molecule has 28 heavy (non-hydrogen) atoms. The van der Waals surface area contributed by atoms with Gasteiger partial charge in [0.25, 0.3) is 0 Å². The first kappa shape index (κ1) is 21.6. The summed E-state index contributed by atoms with van der Waals surface area (Å²) in [5.41, 5.74) is -5.28. The number of sulfonamides is 1. The first-order chi connectivity index (χ1) is 13.0. The third-order valence-electron chi connectivity index (χ3n) is 6.14. The number of rotatable bonds is 4. The lowest BCUT2D eigenvalue weighted by Gasteiger charge is -2.55. The Morgan fingerprint density at radius 1 is 1.21 bits per heavy atom. The van der Waals surface area contributed by atoms with Crippen molar-refractivity contribution in [3.8, 4) is 0 Å². The third-order valence-corrected chi connectivity index (χ3v) is 7.77. The SMILES string of the molecule is CCN=C(NC1CCN(S(=O)(=O)C(F)(F)F)CC1)NC1C2CCOC2C1(C)C. The van der Waals surface area contributed by atoms with E-state index in [9.17, 15) is 21.6 Å². The smallest absolute Gasteiger partial charge is 0.377 e. The monoisotopic (exact) mass is 426 g/mol. The van der Waals surface area contributed by atoms with Gasteiger partial charge in [-0.3, -0.25) is 4.99 Å². The molecule has 7 nitrogen and oxygen atoms in total. The van der Waals surface area contributed by atoms with E-state index in [4.69, 9.17) is 4.74 Å². The summed E-state index contributed by atoms with van der Waals surface area (Å²) in [5, 5.41) is 6.76. The second-order valence-corrected chi connectivity index (χ2v) is 10.2. The van der Waals surface area contributed by atoms with E-state index in [1.54, 1.807) is 0 Å². The minimum Gasteiger partial charge on any atom is -0.377 e. The molecule has 2 N–H and O–H groups in total. The van der Waals surface area contributed by atoms with Gasteiger partial charge in [-0.25, -0.2) is 8.42 Å². The quantitative estimate of drug-likeness (QED) is 0.528. The maximum atomic E-state index is 12.7. The van der Waals surface area contributed by atoms with Crippen LogP contribution in [0, 0.1) is 11.3 Å². The molecule has 3 rings (SSSR count). The van der Waals surface area contributed by atoms with E-state index >= 15 is 0 Å². The highest BCUT2D eigenvalue weighted by Gasteiger charge is 2.59. The summed E-state index contributed by atoms with van der Waals surface area (Å²) in [6.07, 6.45) is 1.83. The summed E-state index contributed by atoms with van der Waals surface area (Å²) in [7, 11) is -5.25. The van der Waals surface area contributed by atoms with Gasteiger partial charge in [-0.05, 0) is 26.2 Å². The molecule has 2 heterocycles. The zero-order chi connectivity index (χ0) is 20.7. The van der Waals surface area contributed by atoms with Gasteiger partial charge in [-0.15, -0.1) is 0 Å². The number of halogens is 3. The van der Waals surface area contributed by atoms with Crippen LogP contribution >= 0.6 is 0 Å². The zero-order valence-electron chi connectivity index (χ0n) is 16.4. The zero-order valence-corrected chi connectivity index (χ0v) is 17.2. The molecule has 1 saturated carbocycles. The van der Waals surface area contributed by atoms with Gasteiger partial charge in [-0.2, -0.15) is 17.5 Å². The Morgan fingerprint density at radius 3 is 2.43 bits per heavy atom. The lowest BCUT2D eigenvalue weighted by molar-refractivity contribution is -0.106. The van der Waals surface area contributed by atoms with E-state index in [0.29, 0.717) is 35.6 Å². The fourth-order valence-electron chi connectivity index (χ4n) is 4.64. The molecule has 1 aliphatic carbocycles. The van der Waals surface area contributed by atoms with Crippen molar-refractivity contribution >= 4 is 16.0 Å². The van der Waals surface area contributed by atoms with Crippen LogP contribution in [0.2, 0.25) is 0 Å². The average Bonchev–Trinajstić information content (AvgIpc) is 3.06. The van der Waals surface area contributed by atoms with Gasteiger partial charge < -0.3 is 15.4 Å². The summed E-state index contributed by atoms with van der Waals surface area (Å²) >= 11 is 0. The fraction of sp³-hybridized carbons (Fsp3) is 0.941. The Kier molecular flexibility index (Phi) is 5.90. The van der Waals surface area contributed by atoms with E-state index in [1.165, 1.54) is 0 Å². The maximum Gasteiger partial charge on any atom is 0.511 e. The Morgan fingerprint density at radius 2 is 1.86 bits per heavy atom. The fourth-order valence-corrected chi connectivity index (χ4v) is 5.62. The largest absolute Gasteiger partial charge is 0.511 e. The summed E-state index contributed by atoms with van der Waals surface area (Å²) in [4.78, 5) is 4.47. The summed E-state index contributed by atoms with van der Waals surface area (Å²) in [5.74, 6) is 1.06. The molecular weight excluding hydrogens is 397 g/mol. The van der Waals surface area contributed by atoms with Gasteiger partial charge in [0, 0.05) is 49.7 Å². The van der Waals surface area contributed by atoms with E-state index in [0.717, 1.165) is 13.0 Å². The number of ether oxygens (including phenoxy) is 1. The van der Waals surface area contributed by atoms with Crippen LogP contribution in [0.4, 0.5) is 13.2 Å². The van der Waals surface area contributed by atoms with Crippen LogP contribution in [0.15, 0.2) is 4.99 Å². The van der Waals surface area contributed by atoms with Crippen LogP contribution in [-0.2, 0) is 14.8 Å². The predicted molar refractivity (Wildman–Crippen MR) is 99.2 cm³/mol. The van der Waals surface area contributed by atoms with Crippen LogP contribution < -0.4 is 10.6 Å². The topological polar surface area (TPSA) is 83.0 Å². The Balaban J connectivity index is 1.57. The number of nitrogens with one attached hydrogen (secondary N) is 2. The Hall–Kier alpha value is -1.07. The van der Waals surface area contributed by atoms with Crippen molar-refractivity contribution in [3.05, 3.63) is 0 Å². The van der Waals surface area contributed by atoms with Crippen LogP contribution in [0.3, 0.4) is 0 Å².